The summed E-state index contributed by atoms with van der Waals surface area (Å²) in [5.74, 6) is 5.60. The first-order chi connectivity index (χ1) is 16.8. The molecule has 0 amide bonds. The zero-order valence-corrected chi connectivity index (χ0v) is 24.0. The van der Waals surface area contributed by atoms with E-state index in [1.54, 1.807) is 5.57 Å². The maximum absolute atomic E-state index is 6.47. The minimum atomic E-state index is 0.458. The average Bonchev–Trinajstić information content (AvgIpc) is 3.46. The van der Waals surface area contributed by atoms with Crippen LogP contribution >= 0.6 is 0 Å². The Morgan fingerprint density at radius 3 is 2.54 bits per heavy atom. The van der Waals surface area contributed by atoms with Gasteiger partial charge in [-0.2, -0.15) is 0 Å². The first kappa shape index (κ1) is 26.3. The summed E-state index contributed by atoms with van der Waals surface area (Å²) in [5, 5.41) is 0. The topological polar surface area (TPSA) is 12.5 Å². The fraction of sp³-hybridized carbons (Fsp3) is 0.939. The van der Waals surface area contributed by atoms with Crippen LogP contribution < -0.4 is 0 Å². The fourth-order valence-corrected chi connectivity index (χ4v) is 10.1. The summed E-state index contributed by atoms with van der Waals surface area (Å²) in [4.78, 5) is 2.59. The van der Waals surface area contributed by atoms with Gasteiger partial charge in [-0.15, -0.1) is 0 Å². The molecule has 4 fully saturated rings. The Morgan fingerprint density at radius 2 is 1.77 bits per heavy atom. The number of likely N-dealkylation sites (tertiary alicyclic amines) is 1. The van der Waals surface area contributed by atoms with E-state index in [1.807, 2.05) is 0 Å². The summed E-state index contributed by atoms with van der Waals surface area (Å²) in [6.07, 6.45) is 21.5. The second kappa shape index (κ2) is 10.8. The number of hydrogen-bond donors (Lipinski definition) is 0. The molecule has 0 N–H and O–H groups in total. The van der Waals surface area contributed by atoms with Gasteiger partial charge >= 0.3 is 0 Å². The molecule has 0 aromatic rings. The van der Waals surface area contributed by atoms with E-state index in [-0.39, 0.29) is 0 Å². The second-order valence-electron chi connectivity index (χ2n) is 14.6. The van der Waals surface area contributed by atoms with Crippen molar-refractivity contribution in [2.45, 2.75) is 124 Å². The van der Waals surface area contributed by atoms with Gasteiger partial charge in [0.25, 0.3) is 0 Å². The molecule has 0 aromatic carbocycles. The van der Waals surface area contributed by atoms with E-state index in [9.17, 15) is 0 Å². The van der Waals surface area contributed by atoms with Gasteiger partial charge in [0.05, 0.1) is 12.7 Å². The molecule has 3 saturated carbocycles. The van der Waals surface area contributed by atoms with E-state index in [2.05, 4.69) is 45.6 Å². The lowest BCUT2D eigenvalue weighted by molar-refractivity contribution is -0.0647. The summed E-state index contributed by atoms with van der Waals surface area (Å²) >= 11 is 0. The van der Waals surface area contributed by atoms with Crippen LogP contribution in [0.15, 0.2) is 11.6 Å². The maximum atomic E-state index is 6.47. The molecule has 0 bridgehead atoms. The number of hydrogen-bond acceptors (Lipinski definition) is 2. The van der Waals surface area contributed by atoms with Crippen LogP contribution in [0, 0.1) is 46.3 Å². The van der Waals surface area contributed by atoms with E-state index in [0.29, 0.717) is 16.9 Å². The quantitative estimate of drug-likeness (QED) is 0.305. The summed E-state index contributed by atoms with van der Waals surface area (Å²) in [5.41, 5.74) is 2.85. The molecule has 1 aliphatic heterocycles. The molecule has 4 aliphatic carbocycles. The molecule has 2 nitrogen and oxygen atoms in total. The smallest absolute Gasteiger partial charge is 0.0613 e. The van der Waals surface area contributed by atoms with E-state index < -0.39 is 0 Å². The molecule has 200 valence electrons. The Morgan fingerprint density at radius 1 is 0.971 bits per heavy atom. The molecule has 35 heavy (non-hydrogen) atoms. The monoisotopic (exact) mass is 483 g/mol. The number of fused-ring (bicyclic) bond motifs is 5. The van der Waals surface area contributed by atoms with Gasteiger partial charge in [0.1, 0.15) is 0 Å². The van der Waals surface area contributed by atoms with E-state index >= 15 is 0 Å². The Balaban J connectivity index is 1.20. The fourth-order valence-electron chi connectivity index (χ4n) is 10.1. The van der Waals surface area contributed by atoms with Gasteiger partial charge in [-0.25, -0.2) is 0 Å². The van der Waals surface area contributed by atoms with Gasteiger partial charge in [0.2, 0.25) is 0 Å². The molecule has 8 atom stereocenters. The lowest BCUT2D eigenvalue weighted by Crippen LogP contribution is -2.51. The third-order valence-corrected chi connectivity index (χ3v) is 12.2. The third-order valence-electron chi connectivity index (χ3n) is 12.2. The molecule has 1 heterocycles. The predicted octanol–water partition coefficient (Wildman–Crippen LogP) is 8.51. The van der Waals surface area contributed by atoms with Crippen LogP contribution in [0.2, 0.25) is 0 Å². The van der Waals surface area contributed by atoms with Crippen molar-refractivity contribution in [2.75, 3.05) is 26.2 Å². The summed E-state index contributed by atoms with van der Waals surface area (Å²) in [7, 11) is 0. The molecule has 0 spiro atoms. The van der Waals surface area contributed by atoms with Crippen LogP contribution in [0.3, 0.4) is 0 Å². The highest BCUT2D eigenvalue weighted by molar-refractivity contribution is 5.25. The number of rotatable bonds is 9. The molecule has 5 aliphatic rings. The van der Waals surface area contributed by atoms with Crippen LogP contribution in [-0.4, -0.2) is 37.2 Å². The minimum absolute atomic E-state index is 0.458. The van der Waals surface area contributed by atoms with Crippen molar-refractivity contribution >= 4 is 0 Å². The van der Waals surface area contributed by atoms with Crippen LogP contribution in [0.25, 0.3) is 0 Å². The SMILES string of the molecule is CC(C)CCC[C@@H](C)[C@H]1CC[C@H]2[C@@H]3CC=C4C[C@@H](OCCN5CCCC5)CC[C@]4(C)[C@H]3CC[C@]12C. The molecule has 1 saturated heterocycles. The van der Waals surface area contributed by atoms with Crippen molar-refractivity contribution in [2.24, 2.45) is 46.3 Å². The Kier molecular flexibility index (Phi) is 8.11. The summed E-state index contributed by atoms with van der Waals surface area (Å²) in [6, 6.07) is 0. The van der Waals surface area contributed by atoms with Crippen LogP contribution in [0.1, 0.15) is 118 Å². The van der Waals surface area contributed by atoms with Crippen LogP contribution in [0.5, 0.6) is 0 Å². The van der Waals surface area contributed by atoms with Crippen molar-refractivity contribution in [1.82, 2.24) is 4.90 Å². The first-order valence-corrected chi connectivity index (χ1v) is 15.8. The van der Waals surface area contributed by atoms with Crippen molar-refractivity contribution in [3.63, 3.8) is 0 Å². The van der Waals surface area contributed by atoms with Crippen molar-refractivity contribution < 1.29 is 4.74 Å². The van der Waals surface area contributed by atoms with Gasteiger partial charge < -0.3 is 9.64 Å². The molecule has 2 heteroatoms. The lowest BCUT2D eigenvalue weighted by atomic mass is 9.47. The van der Waals surface area contributed by atoms with Gasteiger partial charge in [-0.05, 0) is 124 Å². The van der Waals surface area contributed by atoms with Crippen molar-refractivity contribution in [3.05, 3.63) is 11.6 Å². The van der Waals surface area contributed by atoms with Crippen LogP contribution in [-0.2, 0) is 4.74 Å². The van der Waals surface area contributed by atoms with Crippen LogP contribution in [0.4, 0.5) is 0 Å². The van der Waals surface area contributed by atoms with Gasteiger partial charge in [-0.1, -0.05) is 65.5 Å². The zero-order chi connectivity index (χ0) is 24.6. The maximum Gasteiger partial charge on any atom is 0.0613 e. The predicted molar refractivity (Wildman–Crippen MR) is 148 cm³/mol. The number of allylic oxidation sites excluding steroid dienone is 1. The second-order valence-corrected chi connectivity index (χ2v) is 14.6. The van der Waals surface area contributed by atoms with E-state index in [4.69, 9.17) is 4.74 Å². The molecule has 0 unspecified atom stereocenters. The molecular formula is C33H57NO. The Labute approximate surface area is 218 Å². The first-order valence-electron chi connectivity index (χ1n) is 15.8. The average molecular weight is 484 g/mol. The number of nitrogens with zero attached hydrogens (tertiary/aromatic N) is 1. The van der Waals surface area contributed by atoms with Gasteiger partial charge in [0, 0.05) is 6.54 Å². The van der Waals surface area contributed by atoms with Crippen molar-refractivity contribution in [1.29, 1.82) is 0 Å². The highest BCUT2D eigenvalue weighted by atomic mass is 16.5. The molecule has 0 aromatic heterocycles. The zero-order valence-electron chi connectivity index (χ0n) is 24.0. The van der Waals surface area contributed by atoms with E-state index in [0.717, 1.165) is 48.7 Å². The molecule has 5 rings (SSSR count). The third kappa shape index (κ3) is 5.19. The molecular weight excluding hydrogens is 426 g/mol. The Hall–Kier alpha value is -0.340. The standard InChI is InChI=1S/C33H57NO/c1-24(2)9-8-10-25(3)29-13-14-30-28-12-11-26-23-27(35-22-21-34-19-6-7-20-34)15-17-32(26,4)31(28)16-18-33(29,30)5/h11,24-25,27-31H,6-10,12-23H2,1-5H3/t25-,27+,28+,29-,30+,31+,32+,33-/m1/s1. The normalized spacial score (nSPS) is 42.5. The number of ether oxygens (including phenoxy) is 1. The highest BCUT2D eigenvalue weighted by Crippen LogP contribution is 2.67. The summed E-state index contributed by atoms with van der Waals surface area (Å²) < 4.78 is 6.47. The lowest BCUT2D eigenvalue weighted by Gasteiger charge is -2.58. The van der Waals surface area contributed by atoms with Gasteiger partial charge in [-0.3, -0.25) is 0 Å². The minimum Gasteiger partial charge on any atom is -0.377 e. The highest BCUT2D eigenvalue weighted by Gasteiger charge is 2.59. The molecule has 0 radical (unpaired) electrons. The van der Waals surface area contributed by atoms with E-state index in [1.165, 1.54) is 96.6 Å². The van der Waals surface area contributed by atoms with Gasteiger partial charge in [0.15, 0.2) is 0 Å². The summed E-state index contributed by atoms with van der Waals surface area (Å²) in [6.45, 7) is 17.5. The van der Waals surface area contributed by atoms with Crippen molar-refractivity contribution in [3.8, 4) is 0 Å². The largest absolute Gasteiger partial charge is 0.377 e. The Bertz CT molecular complexity index is 737.